The number of aromatic nitrogens is 1. The van der Waals surface area contributed by atoms with E-state index in [1.807, 2.05) is 24.3 Å². The number of hydrogen-bond donors (Lipinski definition) is 3. The Morgan fingerprint density at radius 2 is 1.74 bits per heavy atom. The molecule has 0 saturated carbocycles. The molecule has 0 radical (unpaired) electrons. The number of ether oxygens (including phenoxy) is 1. The molecule has 1 aromatic heterocycles. The van der Waals surface area contributed by atoms with Gasteiger partial charge >= 0.3 is 6.09 Å². The first-order valence-electron chi connectivity index (χ1n) is 12.5. The molecule has 0 spiro atoms. The fourth-order valence-corrected chi connectivity index (χ4v) is 4.68. The van der Waals surface area contributed by atoms with Crippen LogP contribution < -0.4 is 10.1 Å². The van der Waals surface area contributed by atoms with Crippen LogP contribution in [0.25, 0.3) is 33.6 Å². The van der Waals surface area contributed by atoms with Crippen LogP contribution in [0.3, 0.4) is 0 Å². The van der Waals surface area contributed by atoms with Gasteiger partial charge in [-0.1, -0.05) is 42.5 Å². The number of carbonyl (C=O) groups is 1. The number of carbonyl (C=O) groups excluding carboxylic acids is 1. The van der Waals surface area contributed by atoms with Gasteiger partial charge in [0.1, 0.15) is 17.3 Å². The standard InChI is InChI=1S/C29H28FN3O5/c1-2-31-29(36)37-28-26(19-11-9-18(10-12-19)17-33-13-5-6-14-33)27(38-32-28)22-15-21(24(34)16-25(22)35)20-7-3-4-8-23(20)30/h3-4,7-12,15-16,34-35H,2,5-6,13-14,17H2,1H3,(H,31,36). The van der Waals surface area contributed by atoms with Crippen LogP contribution in [0.4, 0.5) is 9.18 Å². The third kappa shape index (κ3) is 5.19. The van der Waals surface area contributed by atoms with Gasteiger partial charge in [-0.15, -0.1) is 0 Å². The SMILES string of the molecule is CCNC(=O)Oc1noc(-c2cc(-c3ccccc3F)c(O)cc2O)c1-c1ccc(CN2CCCC2)cc1. The van der Waals surface area contributed by atoms with Crippen molar-refractivity contribution < 1.29 is 28.7 Å². The summed E-state index contributed by atoms with van der Waals surface area (Å²) in [6.45, 7) is 5.10. The molecule has 0 aliphatic carbocycles. The van der Waals surface area contributed by atoms with Crippen molar-refractivity contribution in [1.29, 1.82) is 0 Å². The predicted molar refractivity (Wildman–Crippen MR) is 140 cm³/mol. The van der Waals surface area contributed by atoms with Gasteiger partial charge < -0.3 is 24.8 Å². The van der Waals surface area contributed by atoms with Crippen LogP contribution >= 0.6 is 0 Å². The van der Waals surface area contributed by atoms with Crippen molar-refractivity contribution in [3.05, 3.63) is 72.0 Å². The fraction of sp³-hybridized carbons (Fsp3) is 0.241. The molecule has 3 N–H and O–H groups in total. The number of rotatable bonds is 7. The average molecular weight is 518 g/mol. The Labute approximate surface area is 219 Å². The second-order valence-corrected chi connectivity index (χ2v) is 9.16. The normalized spacial score (nSPS) is 13.5. The molecule has 0 bridgehead atoms. The van der Waals surface area contributed by atoms with Gasteiger partial charge in [-0.3, -0.25) is 4.90 Å². The summed E-state index contributed by atoms with van der Waals surface area (Å²) in [7, 11) is 0. The number of nitrogens with one attached hydrogen (secondary N) is 1. The highest BCUT2D eigenvalue weighted by Crippen LogP contribution is 2.46. The Hall–Kier alpha value is -4.37. The van der Waals surface area contributed by atoms with Gasteiger partial charge in [0.05, 0.1) is 11.1 Å². The highest BCUT2D eigenvalue weighted by atomic mass is 19.1. The van der Waals surface area contributed by atoms with Crippen molar-refractivity contribution in [2.45, 2.75) is 26.3 Å². The maximum atomic E-state index is 14.6. The lowest BCUT2D eigenvalue weighted by atomic mass is 9.96. The zero-order chi connectivity index (χ0) is 26.6. The lowest BCUT2D eigenvalue weighted by Crippen LogP contribution is -2.26. The molecule has 1 aliphatic heterocycles. The maximum absolute atomic E-state index is 14.6. The van der Waals surface area contributed by atoms with Crippen molar-refractivity contribution in [1.82, 2.24) is 15.4 Å². The van der Waals surface area contributed by atoms with E-state index in [4.69, 9.17) is 9.26 Å². The zero-order valence-corrected chi connectivity index (χ0v) is 20.9. The van der Waals surface area contributed by atoms with Gasteiger partial charge in [-0.25, -0.2) is 9.18 Å². The van der Waals surface area contributed by atoms with Crippen LogP contribution in [0.2, 0.25) is 0 Å². The average Bonchev–Trinajstić information content (AvgIpc) is 3.56. The summed E-state index contributed by atoms with van der Waals surface area (Å²) in [5.41, 5.74) is 2.57. The Bertz CT molecular complexity index is 1450. The van der Waals surface area contributed by atoms with E-state index in [0.717, 1.165) is 31.3 Å². The van der Waals surface area contributed by atoms with Gasteiger partial charge in [-0.2, -0.15) is 0 Å². The highest BCUT2D eigenvalue weighted by molar-refractivity contribution is 5.89. The Morgan fingerprint density at radius 1 is 1.03 bits per heavy atom. The summed E-state index contributed by atoms with van der Waals surface area (Å²) in [5.74, 6) is -1.13. The summed E-state index contributed by atoms with van der Waals surface area (Å²) in [6, 6.07) is 16.3. The van der Waals surface area contributed by atoms with E-state index in [2.05, 4.69) is 15.4 Å². The van der Waals surface area contributed by atoms with E-state index in [1.54, 1.807) is 19.1 Å². The van der Waals surface area contributed by atoms with E-state index < -0.39 is 11.9 Å². The molecule has 3 aromatic carbocycles. The topological polar surface area (TPSA) is 108 Å². The third-order valence-electron chi connectivity index (χ3n) is 6.54. The monoisotopic (exact) mass is 517 g/mol. The van der Waals surface area contributed by atoms with Crippen molar-refractivity contribution in [3.63, 3.8) is 0 Å². The minimum Gasteiger partial charge on any atom is -0.507 e. The minimum absolute atomic E-state index is 0.0850. The first-order valence-corrected chi connectivity index (χ1v) is 12.5. The summed E-state index contributed by atoms with van der Waals surface area (Å²) >= 11 is 0. The summed E-state index contributed by atoms with van der Waals surface area (Å²) < 4.78 is 25.6. The summed E-state index contributed by atoms with van der Waals surface area (Å²) in [4.78, 5) is 14.6. The van der Waals surface area contributed by atoms with E-state index in [0.29, 0.717) is 17.7 Å². The van der Waals surface area contributed by atoms with E-state index in [-0.39, 0.29) is 39.8 Å². The molecule has 1 amide bonds. The van der Waals surface area contributed by atoms with Crippen LogP contribution in [0.5, 0.6) is 17.4 Å². The van der Waals surface area contributed by atoms with Crippen LogP contribution in [-0.4, -0.2) is 46.0 Å². The molecular formula is C29H28FN3O5. The highest BCUT2D eigenvalue weighted by Gasteiger charge is 2.26. The van der Waals surface area contributed by atoms with Crippen molar-refractivity contribution in [2.24, 2.45) is 0 Å². The molecule has 196 valence electrons. The smallest absolute Gasteiger partial charge is 0.414 e. The quantitative estimate of drug-likeness (QED) is 0.279. The molecular weight excluding hydrogens is 489 g/mol. The number of benzene rings is 3. The predicted octanol–water partition coefficient (Wildman–Crippen LogP) is 5.93. The molecule has 0 unspecified atom stereocenters. The van der Waals surface area contributed by atoms with Crippen molar-refractivity contribution >= 4 is 6.09 Å². The number of amides is 1. The van der Waals surface area contributed by atoms with Gasteiger partial charge in [0.2, 0.25) is 0 Å². The zero-order valence-electron chi connectivity index (χ0n) is 20.9. The number of phenolic OH excluding ortho intramolecular Hbond substituents is 2. The maximum Gasteiger partial charge on any atom is 0.414 e. The van der Waals surface area contributed by atoms with Crippen LogP contribution in [0, 0.1) is 5.82 Å². The first-order chi connectivity index (χ1) is 18.4. The Morgan fingerprint density at radius 3 is 2.45 bits per heavy atom. The van der Waals surface area contributed by atoms with Crippen molar-refractivity contribution in [3.8, 4) is 51.0 Å². The molecule has 4 aromatic rings. The Balaban J connectivity index is 1.59. The number of halogens is 1. The largest absolute Gasteiger partial charge is 0.507 e. The molecule has 9 heteroatoms. The first kappa shape index (κ1) is 25.3. The van der Waals surface area contributed by atoms with Crippen LogP contribution in [0.1, 0.15) is 25.3 Å². The van der Waals surface area contributed by atoms with Crippen molar-refractivity contribution in [2.75, 3.05) is 19.6 Å². The van der Waals surface area contributed by atoms with Gasteiger partial charge in [0.25, 0.3) is 5.88 Å². The van der Waals surface area contributed by atoms with E-state index >= 15 is 0 Å². The number of phenols is 2. The van der Waals surface area contributed by atoms with Crippen LogP contribution in [0.15, 0.2) is 65.2 Å². The number of hydrogen-bond acceptors (Lipinski definition) is 7. The Kier molecular flexibility index (Phi) is 7.28. The number of likely N-dealkylation sites (tertiary alicyclic amines) is 1. The van der Waals surface area contributed by atoms with Gasteiger partial charge in [0.15, 0.2) is 5.76 Å². The third-order valence-corrected chi connectivity index (χ3v) is 6.54. The van der Waals surface area contributed by atoms with Crippen LogP contribution in [-0.2, 0) is 6.54 Å². The van der Waals surface area contributed by atoms with Gasteiger partial charge in [-0.05, 0) is 61.3 Å². The molecule has 0 atom stereocenters. The molecule has 5 rings (SSSR count). The molecule has 8 nitrogen and oxygen atoms in total. The molecule has 1 saturated heterocycles. The molecule has 1 fully saturated rings. The molecule has 38 heavy (non-hydrogen) atoms. The van der Waals surface area contributed by atoms with Gasteiger partial charge in [0, 0.05) is 30.3 Å². The lowest BCUT2D eigenvalue weighted by Gasteiger charge is -2.15. The molecule has 1 aliphatic rings. The number of aromatic hydroxyl groups is 2. The summed E-state index contributed by atoms with van der Waals surface area (Å²) in [5, 5.41) is 27.8. The lowest BCUT2D eigenvalue weighted by molar-refractivity contribution is 0.196. The fourth-order valence-electron chi connectivity index (χ4n) is 4.68. The number of nitrogens with zero attached hydrogens (tertiary/aromatic N) is 2. The second kappa shape index (κ2) is 10.9. The van der Waals surface area contributed by atoms with E-state index in [9.17, 15) is 19.4 Å². The molecule has 2 heterocycles. The summed E-state index contributed by atoms with van der Waals surface area (Å²) in [6.07, 6.45) is 1.70. The minimum atomic E-state index is -0.707. The van der Waals surface area contributed by atoms with E-state index in [1.165, 1.54) is 31.0 Å². The second-order valence-electron chi connectivity index (χ2n) is 9.16.